The molecule has 16 heavy (non-hydrogen) atoms. The van der Waals surface area contributed by atoms with Gasteiger partial charge in [0, 0.05) is 0 Å². The highest BCUT2D eigenvalue weighted by Crippen LogP contribution is 2.69. The highest BCUT2D eigenvalue weighted by atomic mass is 14.6. The average molecular weight is 208 g/mol. The maximum Gasteiger partial charge on any atom is -0.0116 e. The summed E-state index contributed by atoms with van der Waals surface area (Å²) in [5.74, 6) is 5.69. The van der Waals surface area contributed by atoms with Crippen LogP contribution < -0.4 is 0 Å². The first-order valence-corrected chi connectivity index (χ1v) is 6.70. The number of hydrogen-bond acceptors (Lipinski definition) is 0. The summed E-state index contributed by atoms with van der Waals surface area (Å²) in [6, 6.07) is 9.26. The van der Waals surface area contributed by atoms with Crippen LogP contribution in [0.25, 0.3) is 0 Å². The van der Waals surface area contributed by atoms with E-state index in [1.807, 2.05) is 0 Å². The minimum atomic E-state index is 0.908. The van der Waals surface area contributed by atoms with Gasteiger partial charge in [0.15, 0.2) is 0 Å². The molecular weight excluding hydrogens is 192 g/mol. The van der Waals surface area contributed by atoms with Crippen molar-refractivity contribution in [1.82, 2.24) is 0 Å². The van der Waals surface area contributed by atoms with Gasteiger partial charge in [0.2, 0.25) is 0 Å². The third kappa shape index (κ3) is 0.714. The summed E-state index contributed by atoms with van der Waals surface area (Å²) in [7, 11) is 0. The molecule has 0 aromatic heterocycles. The molecule has 5 rings (SSSR count). The molecule has 2 saturated carbocycles. The van der Waals surface area contributed by atoms with Crippen molar-refractivity contribution in [2.45, 2.75) is 24.7 Å². The van der Waals surface area contributed by atoms with Crippen LogP contribution in [0.15, 0.2) is 36.4 Å². The van der Waals surface area contributed by atoms with Crippen LogP contribution >= 0.6 is 0 Å². The Hall–Kier alpha value is -1.04. The van der Waals surface area contributed by atoms with Crippen LogP contribution in [0, 0.1) is 23.7 Å². The molecule has 1 aromatic rings. The van der Waals surface area contributed by atoms with E-state index in [2.05, 4.69) is 36.4 Å². The molecule has 0 unspecified atom stereocenters. The molecule has 0 heterocycles. The molecule has 4 aliphatic carbocycles. The number of fused-ring (bicyclic) bond motifs is 12. The van der Waals surface area contributed by atoms with Crippen molar-refractivity contribution in [3.63, 3.8) is 0 Å². The summed E-state index contributed by atoms with van der Waals surface area (Å²) in [6.07, 6.45) is 7.98. The zero-order chi connectivity index (χ0) is 10.3. The van der Waals surface area contributed by atoms with Crippen LogP contribution in [0.4, 0.5) is 0 Å². The number of rotatable bonds is 0. The summed E-state index contributed by atoms with van der Waals surface area (Å²) in [4.78, 5) is 0. The molecule has 4 aliphatic rings. The van der Waals surface area contributed by atoms with Crippen LogP contribution in [0.3, 0.4) is 0 Å². The van der Waals surface area contributed by atoms with Crippen molar-refractivity contribution in [3.05, 3.63) is 47.5 Å². The Morgan fingerprint density at radius 1 is 0.750 bits per heavy atom. The summed E-state index contributed by atoms with van der Waals surface area (Å²) in [5, 5.41) is 0. The Labute approximate surface area is 96.4 Å². The Kier molecular flexibility index (Phi) is 1.24. The van der Waals surface area contributed by atoms with Gasteiger partial charge in [-0.05, 0) is 59.5 Å². The highest BCUT2D eigenvalue weighted by molar-refractivity contribution is 5.45. The molecule has 4 bridgehead atoms. The molecule has 0 N–H and O–H groups in total. The van der Waals surface area contributed by atoms with Crippen molar-refractivity contribution in [3.8, 4) is 0 Å². The Morgan fingerprint density at radius 3 is 1.88 bits per heavy atom. The van der Waals surface area contributed by atoms with E-state index < -0.39 is 0 Å². The fourth-order valence-electron chi connectivity index (χ4n) is 5.47. The first-order valence-electron chi connectivity index (χ1n) is 6.70. The first kappa shape index (κ1) is 8.11. The monoisotopic (exact) mass is 208 g/mol. The smallest absolute Gasteiger partial charge is 0.0116 e. The van der Waals surface area contributed by atoms with Crippen LogP contribution in [0.1, 0.15) is 35.8 Å². The summed E-state index contributed by atoms with van der Waals surface area (Å²) in [5.41, 5.74) is 3.41. The van der Waals surface area contributed by atoms with Crippen molar-refractivity contribution >= 4 is 0 Å². The average Bonchev–Trinajstić information content (AvgIpc) is 3.07. The van der Waals surface area contributed by atoms with E-state index >= 15 is 0 Å². The normalized spacial score (nSPS) is 49.8. The second-order valence-electron chi connectivity index (χ2n) is 6.18. The third-order valence-corrected chi connectivity index (χ3v) is 5.82. The zero-order valence-corrected chi connectivity index (χ0v) is 9.34. The second-order valence-corrected chi connectivity index (χ2v) is 6.18. The first-order chi connectivity index (χ1) is 7.93. The largest absolute Gasteiger partial charge is 0.0848 e. The lowest BCUT2D eigenvalue weighted by Crippen LogP contribution is -2.25. The van der Waals surface area contributed by atoms with E-state index in [1.165, 1.54) is 12.8 Å². The molecule has 0 heteroatoms. The SMILES string of the molecule is C1=C[C@H]2C[C@@H]1[C@@H]1[C@H]2[C@H]2C[C@@H]1c1ccccc12. The lowest BCUT2D eigenvalue weighted by molar-refractivity contribution is 0.305. The second kappa shape index (κ2) is 2.45. The van der Waals surface area contributed by atoms with E-state index in [0.29, 0.717) is 0 Å². The molecule has 2 fully saturated rings. The van der Waals surface area contributed by atoms with Gasteiger partial charge in [0.1, 0.15) is 0 Å². The van der Waals surface area contributed by atoms with Crippen molar-refractivity contribution in [2.75, 3.05) is 0 Å². The van der Waals surface area contributed by atoms with E-state index in [1.54, 1.807) is 11.1 Å². The molecule has 0 nitrogen and oxygen atoms in total. The molecule has 0 amide bonds. The van der Waals surface area contributed by atoms with Gasteiger partial charge >= 0.3 is 0 Å². The number of hydrogen-bond donors (Lipinski definition) is 0. The Balaban J connectivity index is 1.73. The molecule has 0 aliphatic heterocycles. The van der Waals surface area contributed by atoms with Gasteiger partial charge in [-0.2, -0.15) is 0 Å². The fourth-order valence-corrected chi connectivity index (χ4v) is 5.47. The lowest BCUT2D eigenvalue weighted by atomic mass is 9.71. The highest BCUT2D eigenvalue weighted by Gasteiger charge is 2.59. The molecule has 1 aromatic carbocycles. The van der Waals surface area contributed by atoms with Gasteiger partial charge in [-0.15, -0.1) is 0 Å². The Bertz CT molecular complexity index is 456. The minimum absolute atomic E-state index is 0.908. The van der Waals surface area contributed by atoms with E-state index in [4.69, 9.17) is 0 Å². The number of benzene rings is 1. The fraction of sp³-hybridized carbons (Fsp3) is 0.500. The van der Waals surface area contributed by atoms with Crippen molar-refractivity contribution in [1.29, 1.82) is 0 Å². The van der Waals surface area contributed by atoms with Gasteiger partial charge in [-0.25, -0.2) is 0 Å². The zero-order valence-electron chi connectivity index (χ0n) is 9.34. The predicted octanol–water partition coefficient (Wildman–Crippen LogP) is 3.71. The molecular formula is C16H16. The van der Waals surface area contributed by atoms with Crippen LogP contribution in [0.2, 0.25) is 0 Å². The molecule has 0 saturated heterocycles. The van der Waals surface area contributed by atoms with Gasteiger partial charge in [-0.3, -0.25) is 0 Å². The minimum Gasteiger partial charge on any atom is -0.0848 e. The summed E-state index contributed by atoms with van der Waals surface area (Å²) < 4.78 is 0. The van der Waals surface area contributed by atoms with Crippen molar-refractivity contribution < 1.29 is 0 Å². The molecule has 80 valence electrons. The maximum atomic E-state index is 2.52. The van der Waals surface area contributed by atoms with Gasteiger partial charge in [0.25, 0.3) is 0 Å². The molecule has 0 radical (unpaired) electrons. The van der Waals surface area contributed by atoms with Crippen molar-refractivity contribution in [2.24, 2.45) is 23.7 Å². The van der Waals surface area contributed by atoms with E-state index in [0.717, 1.165) is 35.5 Å². The van der Waals surface area contributed by atoms with E-state index in [9.17, 15) is 0 Å². The maximum absolute atomic E-state index is 2.52. The van der Waals surface area contributed by atoms with Gasteiger partial charge in [0.05, 0.1) is 0 Å². The van der Waals surface area contributed by atoms with Gasteiger partial charge < -0.3 is 0 Å². The van der Waals surface area contributed by atoms with E-state index in [-0.39, 0.29) is 0 Å². The third-order valence-electron chi connectivity index (χ3n) is 5.82. The summed E-state index contributed by atoms with van der Waals surface area (Å²) in [6.45, 7) is 0. The molecule has 6 atom stereocenters. The Morgan fingerprint density at radius 2 is 1.31 bits per heavy atom. The lowest BCUT2D eigenvalue weighted by Gasteiger charge is -2.33. The quantitative estimate of drug-likeness (QED) is 0.450. The topological polar surface area (TPSA) is 0 Å². The van der Waals surface area contributed by atoms with Crippen LogP contribution in [-0.2, 0) is 0 Å². The van der Waals surface area contributed by atoms with Crippen LogP contribution in [0.5, 0.6) is 0 Å². The number of allylic oxidation sites excluding steroid dienone is 2. The predicted molar refractivity (Wildman–Crippen MR) is 64.3 cm³/mol. The standard InChI is InChI=1S/C16H16/c1-2-4-12-11(3-1)13-8-14(12)16-10-6-5-9(7-10)15(13)16/h1-6,9-10,13-16H,7-8H2/t9-,10+,13-,14+,15+,16-. The summed E-state index contributed by atoms with van der Waals surface area (Å²) >= 11 is 0. The van der Waals surface area contributed by atoms with Gasteiger partial charge in [-0.1, -0.05) is 36.4 Å². The molecule has 0 spiro atoms. The van der Waals surface area contributed by atoms with Crippen LogP contribution in [-0.4, -0.2) is 0 Å².